The van der Waals surface area contributed by atoms with Crippen LogP contribution in [0.4, 0.5) is 18.3 Å². The van der Waals surface area contributed by atoms with E-state index in [1.54, 1.807) is 0 Å². The Kier molecular flexibility index (Phi) is 3.39. The number of nitrogen functional groups attached to an aromatic ring is 1. The van der Waals surface area contributed by atoms with Gasteiger partial charge in [0.2, 0.25) is 0 Å². The molecule has 0 fully saturated rings. The van der Waals surface area contributed by atoms with E-state index in [2.05, 4.69) is 4.98 Å². The molecule has 1 aromatic rings. The van der Waals surface area contributed by atoms with Gasteiger partial charge in [0.1, 0.15) is 0 Å². The molecule has 0 radical (unpaired) electrons. The zero-order valence-corrected chi connectivity index (χ0v) is 9.81. The van der Waals surface area contributed by atoms with Crippen molar-refractivity contribution in [1.29, 1.82) is 0 Å². The highest BCUT2D eigenvalue weighted by molar-refractivity contribution is 7.13. The summed E-state index contributed by atoms with van der Waals surface area (Å²) in [5.74, 6) is 0. The van der Waals surface area contributed by atoms with Gasteiger partial charge >= 0.3 is 6.18 Å². The topological polar surface area (TPSA) is 42.1 Å². The lowest BCUT2D eigenvalue weighted by atomic mass is 10.1. The van der Waals surface area contributed by atoms with Gasteiger partial charge in [0.25, 0.3) is 0 Å². The summed E-state index contributed by atoms with van der Waals surface area (Å²) in [7, 11) is 0. The van der Waals surface area contributed by atoms with Gasteiger partial charge in [-0.25, -0.2) is 4.98 Å². The van der Waals surface area contributed by atoms with Crippen molar-refractivity contribution >= 4 is 16.5 Å². The molecule has 0 amide bonds. The maximum atomic E-state index is 12.4. The van der Waals surface area contributed by atoms with Crippen LogP contribution in [0, 0.1) is 0 Å². The van der Waals surface area contributed by atoms with Crippen LogP contribution in [0.15, 0.2) is 17.0 Å². The van der Waals surface area contributed by atoms with Crippen molar-refractivity contribution in [3.05, 3.63) is 22.7 Å². The van der Waals surface area contributed by atoms with Crippen LogP contribution in [0.1, 0.15) is 12.1 Å². The van der Waals surface area contributed by atoms with E-state index in [0.717, 1.165) is 5.69 Å². The molecule has 2 N–H and O–H groups in total. The van der Waals surface area contributed by atoms with Gasteiger partial charge in [0.05, 0.1) is 5.69 Å². The summed E-state index contributed by atoms with van der Waals surface area (Å²) in [5, 5.41) is 2.32. The first-order valence-corrected chi connectivity index (χ1v) is 6.01. The number of alkyl halides is 3. The Bertz CT molecular complexity index is 425. The maximum Gasteiger partial charge on any atom is 0.412 e. The molecule has 0 atom stereocenters. The van der Waals surface area contributed by atoms with Crippen LogP contribution in [0.5, 0.6) is 0 Å². The summed E-state index contributed by atoms with van der Waals surface area (Å²) in [6.07, 6.45) is -2.89. The van der Waals surface area contributed by atoms with Gasteiger partial charge in [-0.3, -0.25) is 4.90 Å². The van der Waals surface area contributed by atoms with Gasteiger partial charge < -0.3 is 5.73 Å². The molecule has 0 unspecified atom stereocenters. The Morgan fingerprint density at radius 1 is 1.47 bits per heavy atom. The predicted octanol–water partition coefficient (Wildman–Crippen LogP) is 2.42. The van der Waals surface area contributed by atoms with Gasteiger partial charge in [-0.15, -0.1) is 11.3 Å². The van der Waals surface area contributed by atoms with Crippen molar-refractivity contribution < 1.29 is 13.2 Å². The summed E-state index contributed by atoms with van der Waals surface area (Å²) in [4.78, 5) is 6.00. The monoisotopic (exact) mass is 263 g/mol. The van der Waals surface area contributed by atoms with E-state index >= 15 is 0 Å². The molecule has 2 heterocycles. The van der Waals surface area contributed by atoms with E-state index in [1.807, 2.05) is 10.3 Å². The van der Waals surface area contributed by atoms with Gasteiger partial charge in [0, 0.05) is 30.6 Å². The fourth-order valence-corrected chi connectivity index (χ4v) is 2.29. The van der Waals surface area contributed by atoms with Gasteiger partial charge in [-0.1, -0.05) is 6.08 Å². The summed E-state index contributed by atoms with van der Waals surface area (Å²) >= 11 is 1.34. The quantitative estimate of drug-likeness (QED) is 0.833. The molecule has 2 rings (SSSR count). The number of hydrogen-bond acceptors (Lipinski definition) is 4. The van der Waals surface area contributed by atoms with Crippen LogP contribution in [0.2, 0.25) is 0 Å². The summed E-state index contributed by atoms with van der Waals surface area (Å²) in [5.41, 5.74) is 5.88. The fraction of sp³-hybridized carbons (Fsp3) is 0.500. The second kappa shape index (κ2) is 4.66. The molecule has 0 bridgehead atoms. The molecule has 0 spiro atoms. The number of nitrogens with two attached hydrogens (primary N) is 1. The molecule has 1 aliphatic heterocycles. The number of anilines is 1. The maximum absolute atomic E-state index is 12.4. The lowest BCUT2D eigenvalue weighted by molar-refractivity contribution is -0.0960. The number of rotatable bonds is 2. The SMILES string of the molecule is Nc1nc(CN2CC=C(C(F)(F)F)CC2)cs1. The Labute approximate surface area is 101 Å². The highest BCUT2D eigenvalue weighted by atomic mass is 32.1. The summed E-state index contributed by atoms with van der Waals surface area (Å²) < 4.78 is 37.2. The molecule has 0 aromatic carbocycles. The van der Waals surface area contributed by atoms with E-state index < -0.39 is 11.7 Å². The highest BCUT2D eigenvalue weighted by Gasteiger charge is 2.34. The summed E-state index contributed by atoms with van der Waals surface area (Å²) in [6, 6.07) is 0. The van der Waals surface area contributed by atoms with Gasteiger partial charge in [0.15, 0.2) is 5.13 Å². The number of nitrogens with zero attached hydrogens (tertiary/aromatic N) is 2. The number of thiazole rings is 1. The lowest BCUT2D eigenvalue weighted by Crippen LogP contribution is -2.31. The predicted molar refractivity (Wildman–Crippen MR) is 60.6 cm³/mol. The van der Waals surface area contributed by atoms with Crippen molar-refractivity contribution in [2.75, 3.05) is 18.8 Å². The molecule has 94 valence electrons. The van der Waals surface area contributed by atoms with Crippen molar-refractivity contribution in [3.63, 3.8) is 0 Å². The van der Waals surface area contributed by atoms with Crippen molar-refractivity contribution in [1.82, 2.24) is 9.88 Å². The first kappa shape index (κ1) is 12.4. The van der Waals surface area contributed by atoms with Crippen LogP contribution >= 0.6 is 11.3 Å². The third-order valence-corrected chi connectivity index (χ3v) is 3.34. The Hall–Kier alpha value is -1.08. The van der Waals surface area contributed by atoms with Crippen molar-refractivity contribution in [3.8, 4) is 0 Å². The molecule has 1 aromatic heterocycles. The molecular weight excluding hydrogens is 251 g/mol. The average molecular weight is 263 g/mol. The molecule has 3 nitrogen and oxygen atoms in total. The Morgan fingerprint density at radius 3 is 2.71 bits per heavy atom. The standard InChI is InChI=1S/C10H12F3N3S/c11-10(12,13)7-1-3-16(4-2-7)5-8-6-17-9(14)15-8/h1,6H,2-5H2,(H2,14,15). The molecule has 0 aliphatic carbocycles. The van der Waals surface area contributed by atoms with E-state index in [4.69, 9.17) is 5.73 Å². The zero-order valence-electron chi connectivity index (χ0n) is 9.00. The van der Waals surface area contributed by atoms with Crippen LogP contribution in [0.25, 0.3) is 0 Å². The minimum absolute atomic E-state index is 0.0448. The van der Waals surface area contributed by atoms with Crippen molar-refractivity contribution in [2.24, 2.45) is 0 Å². The molecule has 17 heavy (non-hydrogen) atoms. The first-order chi connectivity index (χ1) is 7.95. The van der Waals surface area contributed by atoms with Gasteiger partial charge in [-0.05, 0) is 6.42 Å². The first-order valence-electron chi connectivity index (χ1n) is 5.13. The average Bonchev–Trinajstić information content (AvgIpc) is 2.63. The zero-order chi connectivity index (χ0) is 12.5. The largest absolute Gasteiger partial charge is 0.412 e. The van der Waals surface area contributed by atoms with Crippen LogP contribution in [-0.2, 0) is 6.54 Å². The molecule has 1 aliphatic rings. The van der Waals surface area contributed by atoms with Crippen molar-refractivity contribution in [2.45, 2.75) is 19.1 Å². The number of hydrogen-bond donors (Lipinski definition) is 1. The highest BCUT2D eigenvalue weighted by Crippen LogP contribution is 2.30. The Balaban J connectivity index is 1.93. The third kappa shape index (κ3) is 3.19. The second-order valence-corrected chi connectivity index (χ2v) is 4.78. The molecule has 0 saturated heterocycles. The smallest absolute Gasteiger partial charge is 0.375 e. The number of aromatic nitrogens is 1. The second-order valence-electron chi connectivity index (χ2n) is 3.89. The fourth-order valence-electron chi connectivity index (χ4n) is 1.74. The van der Waals surface area contributed by atoms with E-state index in [0.29, 0.717) is 24.8 Å². The minimum Gasteiger partial charge on any atom is -0.375 e. The molecule has 7 heteroatoms. The molecular formula is C10H12F3N3S. The van der Waals surface area contributed by atoms with E-state index in [9.17, 15) is 13.2 Å². The minimum atomic E-state index is -4.18. The van der Waals surface area contributed by atoms with Gasteiger partial charge in [-0.2, -0.15) is 13.2 Å². The third-order valence-electron chi connectivity index (χ3n) is 2.61. The van der Waals surface area contributed by atoms with E-state index in [-0.39, 0.29) is 6.42 Å². The lowest BCUT2D eigenvalue weighted by Gasteiger charge is -2.26. The Morgan fingerprint density at radius 2 is 2.24 bits per heavy atom. The molecule has 0 saturated carbocycles. The van der Waals surface area contributed by atoms with Crippen LogP contribution in [0.3, 0.4) is 0 Å². The normalized spacial score (nSPS) is 18.2. The van der Waals surface area contributed by atoms with Crippen LogP contribution in [-0.4, -0.2) is 29.1 Å². The van der Waals surface area contributed by atoms with E-state index in [1.165, 1.54) is 17.4 Å². The van der Waals surface area contributed by atoms with Crippen LogP contribution < -0.4 is 5.73 Å². The summed E-state index contributed by atoms with van der Waals surface area (Å²) in [6.45, 7) is 1.27. The number of halogens is 3.